The summed E-state index contributed by atoms with van der Waals surface area (Å²) in [5.74, 6) is -0.0815. The zero-order valence-corrected chi connectivity index (χ0v) is 14.1. The molecule has 0 spiro atoms. The van der Waals surface area contributed by atoms with Gasteiger partial charge in [-0.25, -0.2) is 4.98 Å². The van der Waals surface area contributed by atoms with Crippen LogP contribution in [0.2, 0.25) is 0 Å². The molecule has 1 aromatic carbocycles. The summed E-state index contributed by atoms with van der Waals surface area (Å²) in [6, 6.07) is 7.13. The van der Waals surface area contributed by atoms with Crippen molar-refractivity contribution < 1.29 is 9.59 Å². The highest BCUT2D eigenvalue weighted by molar-refractivity contribution is 5.79. The Morgan fingerprint density at radius 2 is 1.88 bits per heavy atom. The van der Waals surface area contributed by atoms with Gasteiger partial charge in [-0.3, -0.25) is 19.0 Å². The Morgan fingerprint density at radius 3 is 2.68 bits per heavy atom. The van der Waals surface area contributed by atoms with E-state index in [4.69, 9.17) is 0 Å². The van der Waals surface area contributed by atoms with Gasteiger partial charge in [0.05, 0.1) is 17.2 Å². The average molecular weight is 342 g/mol. The molecule has 1 saturated heterocycles. The lowest BCUT2D eigenvalue weighted by molar-refractivity contribution is -0.130. The lowest BCUT2D eigenvalue weighted by Crippen LogP contribution is -2.33. The third kappa shape index (κ3) is 4.23. The highest BCUT2D eigenvalue weighted by Crippen LogP contribution is 2.08. The number of fused-ring (bicyclic) bond motifs is 1. The SMILES string of the molecule is O=C(CCn1cnc2ccccc2c1=O)NCCC(=O)N1CCCC1. The molecule has 0 aliphatic carbocycles. The Kier molecular flexibility index (Phi) is 5.42. The summed E-state index contributed by atoms with van der Waals surface area (Å²) >= 11 is 0. The van der Waals surface area contributed by atoms with Crippen LogP contribution in [0.3, 0.4) is 0 Å². The molecule has 7 heteroatoms. The van der Waals surface area contributed by atoms with Crippen molar-refractivity contribution in [3.05, 3.63) is 40.9 Å². The molecule has 0 unspecified atom stereocenters. The van der Waals surface area contributed by atoms with Gasteiger partial charge < -0.3 is 10.2 Å². The fourth-order valence-corrected chi connectivity index (χ4v) is 3.01. The van der Waals surface area contributed by atoms with E-state index < -0.39 is 0 Å². The number of benzene rings is 1. The van der Waals surface area contributed by atoms with Crippen LogP contribution in [0.15, 0.2) is 35.4 Å². The van der Waals surface area contributed by atoms with Gasteiger partial charge in [0.1, 0.15) is 0 Å². The summed E-state index contributed by atoms with van der Waals surface area (Å²) < 4.78 is 1.44. The third-order valence-electron chi connectivity index (χ3n) is 4.43. The zero-order valence-electron chi connectivity index (χ0n) is 14.1. The third-order valence-corrected chi connectivity index (χ3v) is 4.43. The predicted octanol–water partition coefficient (Wildman–Crippen LogP) is 0.915. The van der Waals surface area contributed by atoms with Crippen LogP contribution >= 0.6 is 0 Å². The van der Waals surface area contributed by atoms with Crippen LogP contribution in [-0.4, -0.2) is 45.9 Å². The minimum atomic E-state index is -0.172. The van der Waals surface area contributed by atoms with Gasteiger partial charge >= 0.3 is 0 Å². The topological polar surface area (TPSA) is 84.3 Å². The van der Waals surface area contributed by atoms with E-state index in [1.807, 2.05) is 11.0 Å². The van der Waals surface area contributed by atoms with Crippen molar-refractivity contribution in [1.29, 1.82) is 0 Å². The summed E-state index contributed by atoms with van der Waals surface area (Å²) in [5, 5.41) is 3.28. The first-order valence-electron chi connectivity index (χ1n) is 8.64. The van der Waals surface area contributed by atoms with E-state index in [0.29, 0.717) is 23.9 Å². The number of hydrogen-bond acceptors (Lipinski definition) is 4. The number of likely N-dealkylation sites (tertiary alicyclic amines) is 1. The molecular formula is C18H22N4O3. The van der Waals surface area contributed by atoms with Gasteiger partial charge in [-0.2, -0.15) is 0 Å². The molecule has 132 valence electrons. The van der Waals surface area contributed by atoms with Crippen LogP contribution < -0.4 is 10.9 Å². The number of aryl methyl sites for hydroxylation is 1. The fourth-order valence-electron chi connectivity index (χ4n) is 3.01. The second kappa shape index (κ2) is 7.92. The molecule has 1 N–H and O–H groups in total. The quantitative estimate of drug-likeness (QED) is 0.846. The Bertz CT molecular complexity index is 824. The van der Waals surface area contributed by atoms with Crippen molar-refractivity contribution in [2.24, 2.45) is 0 Å². The van der Waals surface area contributed by atoms with Crippen molar-refractivity contribution in [3.63, 3.8) is 0 Å². The molecule has 7 nitrogen and oxygen atoms in total. The van der Waals surface area contributed by atoms with E-state index in [1.165, 1.54) is 10.9 Å². The number of rotatable bonds is 6. The zero-order chi connectivity index (χ0) is 17.6. The molecule has 25 heavy (non-hydrogen) atoms. The van der Waals surface area contributed by atoms with Gasteiger partial charge in [0.2, 0.25) is 11.8 Å². The van der Waals surface area contributed by atoms with Crippen LogP contribution in [0.1, 0.15) is 25.7 Å². The fraction of sp³-hybridized carbons (Fsp3) is 0.444. The number of nitrogens with zero attached hydrogens (tertiary/aromatic N) is 3. The van der Waals surface area contributed by atoms with E-state index in [1.54, 1.807) is 18.2 Å². The van der Waals surface area contributed by atoms with Gasteiger partial charge in [-0.05, 0) is 25.0 Å². The van der Waals surface area contributed by atoms with Gasteiger partial charge in [-0.15, -0.1) is 0 Å². The minimum absolute atomic E-state index is 0.0905. The molecule has 0 bridgehead atoms. The smallest absolute Gasteiger partial charge is 0.261 e. The molecule has 0 atom stereocenters. The van der Waals surface area contributed by atoms with Crippen molar-refractivity contribution in [2.45, 2.75) is 32.2 Å². The van der Waals surface area contributed by atoms with Crippen molar-refractivity contribution in [1.82, 2.24) is 19.8 Å². The molecule has 2 amide bonds. The summed E-state index contributed by atoms with van der Waals surface area (Å²) in [4.78, 5) is 42.2. The number of amides is 2. The first-order chi connectivity index (χ1) is 12.1. The summed E-state index contributed by atoms with van der Waals surface area (Å²) in [7, 11) is 0. The molecule has 1 aromatic heterocycles. The van der Waals surface area contributed by atoms with Gasteiger partial charge in [0.15, 0.2) is 0 Å². The number of nitrogens with one attached hydrogen (secondary N) is 1. The molecule has 2 heterocycles. The number of hydrogen-bond donors (Lipinski definition) is 1. The Morgan fingerprint density at radius 1 is 1.12 bits per heavy atom. The van der Waals surface area contributed by atoms with Crippen molar-refractivity contribution in [3.8, 4) is 0 Å². The first kappa shape index (κ1) is 17.1. The number of carbonyl (C=O) groups is 2. The second-order valence-corrected chi connectivity index (χ2v) is 6.20. The van der Waals surface area contributed by atoms with Gasteiger partial charge in [0.25, 0.3) is 5.56 Å². The number of aromatic nitrogens is 2. The van der Waals surface area contributed by atoms with Crippen LogP contribution in [-0.2, 0) is 16.1 Å². The normalized spacial score (nSPS) is 14.0. The highest BCUT2D eigenvalue weighted by atomic mass is 16.2. The molecule has 0 saturated carbocycles. The first-order valence-corrected chi connectivity index (χ1v) is 8.64. The Labute approximate surface area is 145 Å². The largest absolute Gasteiger partial charge is 0.356 e. The van der Waals surface area contributed by atoms with Crippen LogP contribution in [0, 0.1) is 0 Å². The maximum atomic E-state index is 12.3. The summed E-state index contributed by atoms with van der Waals surface area (Å²) in [6.07, 6.45) is 4.09. The summed E-state index contributed by atoms with van der Waals surface area (Å²) in [6.45, 7) is 2.25. The standard InChI is InChI=1S/C18H22N4O3/c23-16(19-9-7-17(24)21-10-3-4-11-21)8-12-22-13-20-15-6-2-1-5-14(15)18(22)25/h1-2,5-6,13H,3-4,7-12H2,(H,19,23). The Hall–Kier alpha value is -2.70. The molecule has 3 rings (SSSR count). The van der Waals surface area contributed by atoms with Crippen LogP contribution in [0.4, 0.5) is 0 Å². The van der Waals surface area contributed by atoms with Gasteiger partial charge in [-0.1, -0.05) is 12.1 Å². The molecular weight excluding hydrogens is 320 g/mol. The molecule has 1 aliphatic heterocycles. The molecule has 0 radical (unpaired) electrons. The second-order valence-electron chi connectivity index (χ2n) is 6.20. The average Bonchev–Trinajstić information content (AvgIpc) is 3.16. The highest BCUT2D eigenvalue weighted by Gasteiger charge is 2.17. The van der Waals surface area contributed by atoms with Crippen LogP contribution in [0.5, 0.6) is 0 Å². The Balaban J connectivity index is 1.47. The number of carbonyl (C=O) groups excluding carboxylic acids is 2. The van der Waals surface area contributed by atoms with E-state index in [2.05, 4.69) is 10.3 Å². The van der Waals surface area contributed by atoms with E-state index in [-0.39, 0.29) is 30.3 Å². The maximum Gasteiger partial charge on any atom is 0.261 e. The van der Waals surface area contributed by atoms with Crippen LogP contribution in [0.25, 0.3) is 10.9 Å². The molecule has 1 fully saturated rings. The van der Waals surface area contributed by atoms with Crippen molar-refractivity contribution in [2.75, 3.05) is 19.6 Å². The monoisotopic (exact) mass is 342 g/mol. The maximum absolute atomic E-state index is 12.3. The van der Waals surface area contributed by atoms with E-state index in [9.17, 15) is 14.4 Å². The molecule has 1 aliphatic rings. The van der Waals surface area contributed by atoms with E-state index in [0.717, 1.165) is 25.9 Å². The predicted molar refractivity (Wildman–Crippen MR) is 94.1 cm³/mol. The lowest BCUT2D eigenvalue weighted by Gasteiger charge is -2.15. The van der Waals surface area contributed by atoms with Crippen molar-refractivity contribution >= 4 is 22.7 Å². The summed E-state index contributed by atoms with van der Waals surface area (Å²) in [5.41, 5.74) is 0.497. The van der Waals surface area contributed by atoms with Gasteiger partial charge in [0, 0.05) is 39.0 Å². The lowest BCUT2D eigenvalue weighted by atomic mass is 10.2. The van der Waals surface area contributed by atoms with E-state index >= 15 is 0 Å². The number of para-hydroxylation sites is 1. The molecule has 2 aromatic rings. The minimum Gasteiger partial charge on any atom is -0.356 e.